The molecule has 0 saturated heterocycles. The molecule has 0 aliphatic carbocycles. The minimum absolute atomic E-state index is 0.906. The lowest BCUT2D eigenvalue weighted by atomic mass is 10.2. The maximum Gasteiger partial charge on any atom is 0.131 e. The molecular weight excluding hydrogens is 210 g/mol. The lowest BCUT2D eigenvalue weighted by molar-refractivity contribution is 0.721. The molecule has 0 unspecified atom stereocenters. The van der Waals surface area contributed by atoms with Gasteiger partial charge in [0, 0.05) is 26.3 Å². The van der Waals surface area contributed by atoms with E-state index < -0.39 is 0 Å². The molecule has 0 saturated carbocycles. The van der Waals surface area contributed by atoms with Crippen molar-refractivity contribution in [1.29, 1.82) is 0 Å². The quantitative estimate of drug-likeness (QED) is 0.787. The van der Waals surface area contributed by atoms with Crippen LogP contribution in [0.1, 0.15) is 37.8 Å². The van der Waals surface area contributed by atoms with Crippen LogP contribution in [-0.4, -0.2) is 25.1 Å². The highest BCUT2D eigenvalue weighted by Gasteiger charge is 2.06. The Labute approximate surface area is 105 Å². The van der Waals surface area contributed by atoms with Crippen LogP contribution in [0.5, 0.6) is 0 Å². The second-order valence-electron chi connectivity index (χ2n) is 4.54. The normalized spacial score (nSPS) is 10.6. The third kappa shape index (κ3) is 4.35. The first-order valence-corrected chi connectivity index (χ1v) is 6.56. The van der Waals surface area contributed by atoms with E-state index in [4.69, 9.17) is 0 Å². The summed E-state index contributed by atoms with van der Waals surface area (Å²) in [7, 11) is 2.12. The average Bonchev–Trinajstić information content (AvgIpc) is 2.33. The van der Waals surface area contributed by atoms with E-state index >= 15 is 0 Å². The standard InChI is InChI=1S/C14H25N3/c1-5-7-8-17(4)14-12(3)9-13(11-16-14)10-15-6-2/h9,11,15H,5-8,10H2,1-4H3. The largest absolute Gasteiger partial charge is 0.359 e. The van der Waals surface area contributed by atoms with Crippen LogP contribution in [0.15, 0.2) is 12.3 Å². The fraction of sp³-hybridized carbons (Fsp3) is 0.643. The van der Waals surface area contributed by atoms with Crippen molar-refractivity contribution < 1.29 is 0 Å². The van der Waals surface area contributed by atoms with Gasteiger partial charge in [-0.05, 0) is 37.1 Å². The molecule has 0 atom stereocenters. The van der Waals surface area contributed by atoms with Crippen molar-refractivity contribution in [1.82, 2.24) is 10.3 Å². The number of aromatic nitrogens is 1. The molecule has 0 amide bonds. The Balaban J connectivity index is 2.68. The summed E-state index contributed by atoms with van der Waals surface area (Å²) in [5, 5.41) is 3.32. The van der Waals surface area contributed by atoms with E-state index in [2.05, 4.69) is 49.1 Å². The molecule has 0 fully saturated rings. The third-order valence-electron chi connectivity index (χ3n) is 2.90. The van der Waals surface area contributed by atoms with Crippen molar-refractivity contribution in [2.45, 2.75) is 40.2 Å². The molecule has 3 heteroatoms. The molecule has 96 valence electrons. The van der Waals surface area contributed by atoms with Crippen LogP contribution >= 0.6 is 0 Å². The Bertz CT molecular complexity index is 336. The molecule has 0 radical (unpaired) electrons. The first kappa shape index (κ1) is 14.0. The fourth-order valence-electron chi connectivity index (χ4n) is 1.89. The molecule has 0 aliphatic heterocycles. The molecule has 0 spiro atoms. The van der Waals surface area contributed by atoms with Crippen molar-refractivity contribution in [2.24, 2.45) is 0 Å². The Kier molecular flexibility index (Phi) is 5.98. The molecule has 1 aromatic rings. The van der Waals surface area contributed by atoms with Gasteiger partial charge in [-0.25, -0.2) is 4.98 Å². The zero-order chi connectivity index (χ0) is 12.7. The summed E-state index contributed by atoms with van der Waals surface area (Å²) in [5.41, 5.74) is 2.52. The second-order valence-corrected chi connectivity index (χ2v) is 4.54. The highest BCUT2D eigenvalue weighted by molar-refractivity contribution is 5.46. The van der Waals surface area contributed by atoms with Gasteiger partial charge in [0.15, 0.2) is 0 Å². The smallest absolute Gasteiger partial charge is 0.131 e. The van der Waals surface area contributed by atoms with E-state index in [1.54, 1.807) is 0 Å². The van der Waals surface area contributed by atoms with Gasteiger partial charge in [0.05, 0.1) is 0 Å². The summed E-state index contributed by atoms with van der Waals surface area (Å²) in [6, 6.07) is 2.23. The van der Waals surface area contributed by atoms with Crippen molar-refractivity contribution in [2.75, 3.05) is 25.0 Å². The van der Waals surface area contributed by atoms with Crippen molar-refractivity contribution in [3.8, 4) is 0 Å². The first-order chi connectivity index (χ1) is 8.19. The molecule has 0 bridgehead atoms. The molecule has 1 aromatic heterocycles. The molecule has 0 aliphatic rings. The first-order valence-electron chi connectivity index (χ1n) is 6.56. The van der Waals surface area contributed by atoms with Gasteiger partial charge in [-0.15, -0.1) is 0 Å². The molecule has 1 N–H and O–H groups in total. The molecule has 0 aromatic carbocycles. The Morgan fingerprint density at radius 2 is 2.12 bits per heavy atom. The van der Waals surface area contributed by atoms with E-state index in [0.717, 1.165) is 25.5 Å². The Morgan fingerprint density at radius 1 is 1.35 bits per heavy atom. The van der Waals surface area contributed by atoms with Crippen molar-refractivity contribution in [3.05, 3.63) is 23.4 Å². The van der Waals surface area contributed by atoms with Gasteiger partial charge >= 0.3 is 0 Å². The molecule has 17 heavy (non-hydrogen) atoms. The van der Waals surface area contributed by atoms with Gasteiger partial charge in [0.1, 0.15) is 5.82 Å². The number of pyridine rings is 1. The maximum atomic E-state index is 4.57. The second kappa shape index (κ2) is 7.28. The number of anilines is 1. The highest BCUT2D eigenvalue weighted by atomic mass is 15.2. The van der Waals surface area contributed by atoms with E-state index in [1.807, 2.05) is 6.20 Å². The van der Waals surface area contributed by atoms with Crippen molar-refractivity contribution >= 4 is 5.82 Å². The van der Waals surface area contributed by atoms with Crippen LogP contribution in [0.2, 0.25) is 0 Å². The Morgan fingerprint density at radius 3 is 2.71 bits per heavy atom. The highest BCUT2D eigenvalue weighted by Crippen LogP contribution is 2.17. The molecule has 1 heterocycles. The summed E-state index contributed by atoms with van der Waals surface area (Å²) in [6.07, 6.45) is 4.42. The summed E-state index contributed by atoms with van der Waals surface area (Å²) in [6.45, 7) is 9.46. The van der Waals surface area contributed by atoms with E-state index in [0.29, 0.717) is 0 Å². The summed E-state index contributed by atoms with van der Waals surface area (Å²) >= 11 is 0. The van der Waals surface area contributed by atoms with E-state index in [9.17, 15) is 0 Å². The van der Waals surface area contributed by atoms with Crippen LogP contribution in [0, 0.1) is 6.92 Å². The number of unbranched alkanes of at least 4 members (excludes halogenated alkanes) is 1. The molecule has 3 nitrogen and oxygen atoms in total. The van der Waals surface area contributed by atoms with Gasteiger partial charge in [0.25, 0.3) is 0 Å². The zero-order valence-corrected chi connectivity index (χ0v) is 11.6. The third-order valence-corrected chi connectivity index (χ3v) is 2.90. The van der Waals surface area contributed by atoms with E-state index in [-0.39, 0.29) is 0 Å². The van der Waals surface area contributed by atoms with Gasteiger partial charge < -0.3 is 10.2 Å². The fourth-order valence-corrected chi connectivity index (χ4v) is 1.89. The van der Waals surface area contributed by atoms with Gasteiger partial charge in [-0.1, -0.05) is 20.3 Å². The number of aryl methyl sites for hydroxylation is 1. The lowest BCUT2D eigenvalue weighted by Gasteiger charge is -2.20. The SMILES string of the molecule is CCCCN(C)c1ncc(CNCC)cc1C. The van der Waals surface area contributed by atoms with Crippen LogP contribution in [0.3, 0.4) is 0 Å². The van der Waals surface area contributed by atoms with Gasteiger partial charge in [-0.3, -0.25) is 0 Å². The predicted octanol–water partition coefficient (Wildman–Crippen LogP) is 2.74. The van der Waals surface area contributed by atoms with Crippen LogP contribution in [0.25, 0.3) is 0 Å². The number of nitrogens with zero attached hydrogens (tertiary/aromatic N) is 2. The summed E-state index contributed by atoms with van der Waals surface area (Å²) in [5.74, 6) is 1.11. The minimum atomic E-state index is 0.906. The van der Waals surface area contributed by atoms with Crippen LogP contribution < -0.4 is 10.2 Å². The molecule has 1 rings (SSSR count). The number of rotatable bonds is 7. The number of nitrogens with one attached hydrogen (secondary N) is 1. The number of hydrogen-bond acceptors (Lipinski definition) is 3. The van der Waals surface area contributed by atoms with E-state index in [1.165, 1.54) is 24.0 Å². The maximum absolute atomic E-state index is 4.57. The summed E-state index contributed by atoms with van der Waals surface area (Å²) < 4.78 is 0. The average molecular weight is 235 g/mol. The lowest BCUT2D eigenvalue weighted by Crippen LogP contribution is -2.21. The van der Waals surface area contributed by atoms with Crippen LogP contribution in [-0.2, 0) is 6.54 Å². The van der Waals surface area contributed by atoms with Crippen molar-refractivity contribution in [3.63, 3.8) is 0 Å². The predicted molar refractivity (Wildman–Crippen MR) is 74.5 cm³/mol. The van der Waals surface area contributed by atoms with Gasteiger partial charge in [0.2, 0.25) is 0 Å². The minimum Gasteiger partial charge on any atom is -0.359 e. The topological polar surface area (TPSA) is 28.2 Å². The zero-order valence-electron chi connectivity index (χ0n) is 11.6. The number of hydrogen-bond donors (Lipinski definition) is 1. The molecular formula is C14H25N3. The van der Waals surface area contributed by atoms with Gasteiger partial charge in [-0.2, -0.15) is 0 Å². The van der Waals surface area contributed by atoms with Crippen LogP contribution in [0.4, 0.5) is 5.82 Å². The summed E-state index contributed by atoms with van der Waals surface area (Å²) in [4.78, 5) is 6.82. The Hall–Kier alpha value is -1.09. The monoisotopic (exact) mass is 235 g/mol.